The van der Waals surface area contributed by atoms with Crippen LogP contribution in [0.2, 0.25) is 5.02 Å². The second-order valence-corrected chi connectivity index (χ2v) is 8.19. The summed E-state index contributed by atoms with van der Waals surface area (Å²) in [7, 11) is 0. The Morgan fingerprint density at radius 2 is 1.57 bits per heavy atom. The number of amides is 2. The molecule has 0 saturated carbocycles. The van der Waals surface area contributed by atoms with Gasteiger partial charge in [-0.3, -0.25) is 9.59 Å². The maximum atomic E-state index is 13.4. The summed E-state index contributed by atoms with van der Waals surface area (Å²) in [6.07, 6.45) is 0. The first-order chi connectivity index (χ1) is 14.6. The summed E-state index contributed by atoms with van der Waals surface area (Å²) in [6, 6.07) is 24.1. The van der Waals surface area contributed by atoms with Gasteiger partial charge in [0.2, 0.25) is 0 Å². The quantitative estimate of drug-likeness (QED) is 0.407. The minimum Gasteiger partial charge on any atom is -0.350 e. The second kappa shape index (κ2) is 7.44. The summed E-state index contributed by atoms with van der Waals surface area (Å²) in [5.41, 5.74) is 1.90. The standard InChI is InChI=1S/C24H15ClN2O2S/c25-16-10-12-17(13-11-16)27-23(28)21(20-9-4-14-30-20)22(24(27)29)26-19-8-3-6-15-5-1-2-7-18(15)19/h1-14,26H. The number of imide groups is 1. The van der Waals surface area contributed by atoms with Crippen molar-refractivity contribution in [1.82, 2.24) is 0 Å². The van der Waals surface area contributed by atoms with Gasteiger partial charge in [0.05, 0.1) is 11.3 Å². The molecule has 4 aromatic rings. The molecular formula is C24H15ClN2O2S. The molecule has 30 heavy (non-hydrogen) atoms. The van der Waals surface area contributed by atoms with Crippen LogP contribution in [0.5, 0.6) is 0 Å². The molecule has 0 radical (unpaired) electrons. The predicted octanol–water partition coefficient (Wildman–Crippen LogP) is 5.95. The molecule has 0 saturated heterocycles. The van der Waals surface area contributed by atoms with Crippen molar-refractivity contribution in [2.75, 3.05) is 10.2 Å². The molecular weight excluding hydrogens is 416 g/mol. The Hall–Kier alpha value is -3.41. The monoisotopic (exact) mass is 430 g/mol. The number of benzene rings is 3. The van der Waals surface area contributed by atoms with Gasteiger partial charge >= 0.3 is 0 Å². The Morgan fingerprint density at radius 1 is 0.800 bits per heavy atom. The number of nitrogens with one attached hydrogen (secondary N) is 1. The lowest BCUT2D eigenvalue weighted by molar-refractivity contribution is -0.120. The van der Waals surface area contributed by atoms with Crippen LogP contribution in [-0.4, -0.2) is 11.8 Å². The Kier molecular flexibility index (Phi) is 4.62. The highest BCUT2D eigenvalue weighted by Crippen LogP contribution is 2.36. The fourth-order valence-corrected chi connectivity index (χ4v) is 4.48. The first kappa shape index (κ1) is 18.6. The molecule has 2 heterocycles. The van der Waals surface area contributed by atoms with Gasteiger partial charge in [-0.15, -0.1) is 11.3 Å². The number of hydrogen-bond acceptors (Lipinski definition) is 4. The van der Waals surface area contributed by atoms with E-state index >= 15 is 0 Å². The molecule has 146 valence electrons. The van der Waals surface area contributed by atoms with Crippen molar-refractivity contribution in [3.8, 4) is 0 Å². The Morgan fingerprint density at radius 3 is 2.33 bits per heavy atom. The van der Waals surface area contributed by atoms with Crippen molar-refractivity contribution < 1.29 is 9.59 Å². The zero-order valence-electron chi connectivity index (χ0n) is 15.6. The third kappa shape index (κ3) is 3.09. The van der Waals surface area contributed by atoms with E-state index in [1.807, 2.05) is 60.0 Å². The van der Waals surface area contributed by atoms with Gasteiger partial charge in [0.25, 0.3) is 11.8 Å². The van der Waals surface area contributed by atoms with Crippen LogP contribution >= 0.6 is 22.9 Å². The third-order valence-electron chi connectivity index (χ3n) is 4.99. The lowest BCUT2D eigenvalue weighted by Gasteiger charge is -2.15. The van der Waals surface area contributed by atoms with Crippen LogP contribution in [0.15, 0.2) is 89.9 Å². The Bertz CT molecular complexity index is 1310. The van der Waals surface area contributed by atoms with Gasteiger partial charge in [-0.25, -0.2) is 4.90 Å². The predicted molar refractivity (Wildman–Crippen MR) is 123 cm³/mol. The minimum absolute atomic E-state index is 0.272. The maximum absolute atomic E-state index is 13.4. The lowest BCUT2D eigenvalue weighted by Crippen LogP contribution is -2.32. The first-order valence-corrected chi connectivity index (χ1v) is 10.6. The van der Waals surface area contributed by atoms with E-state index in [2.05, 4.69) is 5.32 Å². The van der Waals surface area contributed by atoms with Crippen LogP contribution < -0.4 is 10.2 Å². The van der Waals surface area contributed by atoms with Crippen LogP contribution in [0.1, 0.15) is 4.88 Å². The molecule has 3 aromatic carbocycles. The molecule has 0 bridgehead atoms. The van der Waals surface area contributed by atoms with Gasteiger partial charge in [0, 0.05) is 21.0 Å². The third-order valence-corrected chi connectivity index (χ3v) is 6.12. The van der Waals surface area contributed by atoms with Gasteiger partial charge in [0.15, 0.2) is 0 Å². The molecule has 0 aliphatic carbocycles. The highest BCUT2D eigenvalue weighted by Gasteiger charge is 2.40. The Balaban J connectivity index is 1.63. The van der Waals surface area contributed by atoms with Crippen LogP contribution in [0.25, 0.3) is 16.3 Å². The van der Waals surface area contributed by atoms with E-state index < -0.39 is 5.91 Å². The summed E-state index contributed by atoms with van der Waals surface area (Å²) in [5.74, 6) is -0.744. The van der Waals surface area contributed by atoms with Gasteiger partial charge in [-0.1, -0.05) is 54.1 Å². The number of anilines is 2. The highest BCUT2D eigenvalue weighted by atomic mass is 35.5. The molecule has 5 rings (SSSR count). The van der Waals surface area contributed by atoms with E-state index in [-0.39, 0.29) is 11.6 Å². The van der Waals surface area contributed by atoms with Gasteiger partial charge in [0.1, 0.15) is 5.70 Å². The number of carbonyl (C=O) groups is 2. The van der Waals surface area contributed by atoms with Crippen molar-refractivity contribution in [2.45, 2.75) is 0 Å². The fourth-order valence-electron chi connectivity index (χ4n) is 3.59. The fraction of sp³-hybridized carbons (Fsp3) is 0. The summed E-state index contributed by atoms with van der Waals surface area (Å²) in [5, 5.41) is 7.71. The first-order valence-electron chi connectivity index (χ1n) is 9.31. The van der Waals surface area contributed by atoms with Crippen molar-refractivity contribution in [3.05, 3.63) is 99.8 Å². The molecule has 0 fully saturated rings. The zero-order valence-corrected chi connectivity index (χ0v) is 17.2. The number of halogens is 1. The van der Waals surface area contributed by atoms with E-state index in [0.717, 1.165) is 21.3 Å². The SMILES string of the molecule is O=C1C(Nc2cccc3ccccc23)=C(c2cccs2)C(=O)N1c1ccc(Cl)cc1. The number of thiophene rings is 1. The summed E-state index contributed by atoms with van der Waals surface area (Å²) in [6.45, 7) is 0. The molecule has 2 amide bonds. The summed E-state index contributed by atoms with van der Waals surface area (Å²) in [4.78, 5) is 28.7. The largest absolute Gasteiger partial charge is 0.350 e. The van der Waals surface area contributed by atoms with Gasteiger partial charge in [-0.05, 0) is 47.2 Å². The molecule has 0 atom stereocenters. The van der Waals surface area contributed by atoms with Crippen LogP contribution in [-0.2, 0) is 9.59 Å². The van der Waals surface area contributed by atoms with E-state index in [9.17, 15) is 9.59 Å². The minimum atomic E-state index is -0.390. The molecule has 1 aromatic heterocycles. The average molecular weight is 431 g/mol. The maximum Gasteiger partial charge on any atom is 0.282 e. The number of hydrogen-bond donors (Lipinski definition) is 1. The topological polar surface area (TPSA) is 49.4 Å². The zero-order chi connectivity index (χ0) is 20.7. The van der Waals surface area contributed by atoms with Gasteiger partial charge < -0.3 is 5.32 Å². The molecule has 1 aliphatic rings. The van der Waals surface area contributed by atoms with E-state index in [1.165, 1.54) is 16.2 Å². The number of nitrogens with zero attached hydrogens (tertiary/aromatic N) is 1. The molecule has 0 unspecified atom stereocenters. The number of rotatable bonds is 4. The van der Waals surface area contributed by atoms with E-state index in [0.29, 0.717) is 16.3 Å². The normalized spacial score (nSPS) is 14.1. The molecule has 1 N–H and O–H groups in total. The summed E-state index contributed by atoms with van der Waals surface area (Å²) >= 11 is 7.41. The van der Waals surface area contributed by atoms with Crippen LogP contribution in [0.3, 0.4) is 0 Å². The number of fused-ring (bicyclic) bond motifs is 1. The second-order valence-electron chi connectivity index (χ2n) is 6.80. The van der Waals surface area contributed by atoms with Crippen molar-refractivity contribution >= 4 is 62.5 Å². The summed E-state index contributed by atoms with van der Waals surface area (Å²) < 4.78 is 0. The lowest BCUT2D eigenvalue weighted by atomic mass is 10.1. The Labute approximate surface area is 182 Å². The van der Waals surface area contributed by atoms with Crippen molar-refractivity contribution in [2.24, 2.45) is 0 Å². The van der Waals surface area contributed by atoms with Crippen LogP contribution in [0.4, 0.5) is 11.4 Å². The van der Waals surface area contributed by atoms with E-state index in [1.54, 1.807) is 24.3 Å². The molecule has 4 nitrogen and oxygen atoms in total. The molecule has 6 heteroatoms. The van der Waals surface area contributed by atoms with Crippen LogP contribution in [0, 0.1) is 0 Å². The van der Waals surface area contributed by atoms with Crippen molar-refractivity contribution in [3.63, 3.8) is 0 Å². The highest BCUT2D eigenvalue weighted by molar-refractivity contribution is 7.11. The number of carbonyl (C=O) groups excluding carboxylic acids is 2. The van der Waals surface area contributed by atoms with Crippen molar-refractivity contribution in [1.29, 1.82) is 0 Å². The van der Waals surface area contributed by atoms with E-state index in [4.69, 9.17) is 11.6 Å². The molecule has 1 aliphatic heterocycles. The average Bonchev–Trinajstić information content (AvgIpc) is 3.36. The smallest absolute Gasteiger partial charge is 0.282 e. The molecule has 0 spiro atoms. The van der Waals surface area contributed by atoms with Gasteiger partial charge in [-0.2, -0.15) is 0 Å².